The van der Waals surface area contributed by atoms with Gasteiger partial charge in [0.15, 0.2) is 0 Å². The van der Waals surface area contributed by atoms with E-state index in [1.807, 2.05) is 72.8 Å². The molecule has 1 fully saturated rings. The Kier molecular flexibility index (Phi) is 5.10. The van der Waals surface area contributed by atoms with Gasteiger partial charge in [-0.05, 0) is 28.5 Å². The van der Waals surface area contributed by atoms with Crippen LogP contribution in [-0.2, 0) is 11.3 Å². The average Bonchev–Trinajstić information content (AvgIpc) is 3.12. The van der Waals surface area contributed by atoms with Crippen molar-refractivity contribution in [2.24, 2.45) is 0 Å². The van der Waals surface area contributed by atoms with E-state index in [2.05, 4.69) is 10.6 Å². The van der Waals surface area contributed by atoms with Crippen molar-refractivity contribution < 1.29 is 14.3 Å². The molecule has 142 valence electrons. The minimum atomic E-state index is -0.394. The quantitative estimate of drug-likeness (QED) is 0.715. The van der Waals surface area contributed by atoms with Crippen LogP contribution in [0.25, 0.3) is 10.8 Å². The molecule has 1 aliphatic rings. The van der Waals surface area contributed by atoms with E-state index in [4.69, 9.17) is 4.74 Å². The molecule has 3 amide bonds. The number of amides is 3. The normalized spacial score (nSPS) is 16.1. The number of cyclic esters (lactones) is 1. The van der Waals surface area contributed by atoms with Crippen molar-refractivity contribution in [3.63, 3.8) is 0 Å². The average molecular weight is 375 g/mol. The highest BCUT2D eigenvalue weighted by molar-refractivity contribution is 5.90. The fourth-order valence-corrected chi connectivity index (χ4v) is 3.34. The summed E-state index contributed by atoms with van der Waals surface area (Å²) in [6.07, 6.45) is -0.773. The van der Waals surface area contributed by atoms with Gasteiger partial charge in [-0.15, -0.1) is 0 Å². The number of urea groups is 1. The highest BCUT2D eigenvalue weighted by atomic mass is 16.6. The van der Waals surface area contributed by atoms with E-state index < -0.39 is 6.09 Å². The molecule has 6 nitrogen and oxygen atoms in total. The van der Waals surface area contributed by atoms with Gasteiger partial charge in [0.2, 0.25) is 0 Å². The zero-order valence-electron chi connectivity index (χ0n) is 15.3. The summed E-state index contributed by atoms with van der Waals surface area (Å²) < 4.78 is 5.34. The molecule has 0 spiro atoms. The molecule has 4 rings (SSSR count). The second-order valence-corrected chi connectivity index (χ2v) is 6.65. The third-order valence-corrected chi connectivity index (χ3v) is 4.75. The molecule has 0 bridgehead atoms. The summed E-state index contributed by atoms with van der Waals surface area (Å²) in [5, 5.41) is 7.91. The van der Waals surface area contributed by atoms with Crippen LogP contribution < -0.4 is 15.5 Å². The van der Waals surface area contributed by atoms with E-state index in [1.165, 1.54) is 0 Å². The SMILES string of the molecule is O=C(NCc1cccc2ccccc12)NC[C@H]1CN(c2ccccc2)C(=O)O1. The van der Waals surface area contributed by atoms with Gasteiger partial charge >= 0.3 is 12.1 Å². The molecular weight excluding hydrogens is 354 g/mol. The van der Waals surface area contributed by atoms with Crippen LogP contribution in [-0.4, -0.2) is 31.3 Å². The fourth-order valence-electron chi connectivity index (χ4n) is 3.34. The number of fused-ring (bicyclic) bond motifs is 1. The number of carbonyl (C=O) groups is 2. The van der Waals surface area contributed by atoms with Crippen molar-refractivity contribution in [3.8, 4) is 0 Å². The third kappa shape index (κ3) is 3.91. The van der Waals surface area contributed by atoms with E-state index in [0.717, 1.165) is 22.0 Å². The highest BCUT2D eigenvalue weighted by Gasteiger charge is 2.32. The molecular formula is C22H21N3O3. The summed E-state index contributed by atoms with van der Waals surface area (Å²) >= 11 is 0. The zero-order chi connectivity index (χ0) is 19.3. The number of rotatable bonds is 5. The highest BCUT2D eigenvalue weighted by Crippen LogP contribution is 2.21. The number of para-hydroxylation sites is 1. The van der Waals surface area contributed by atoms with Crippen LogP contribution in [0.5, 0.6) is 0 Å². The standard InChI is InChI=1S/C22H21N3O3/c26-21(23-13-17-9-6-8-16-7-4-5-12-20(16)17)24-14-19-15-25(22(27)28-19)18-10-2-1-3-11-18/h1-12,19H,13-15H2,(H2,23,24,26)/t19-/m0/s1. The number of hydrogen-bond acceptors (Lipinski definition) is 3. The van der Waals surface area contributed by atoms with Gasteiger partial charge in [0, 0.05) is 12.2 Å². The zero-order valence-corrected chi connectivity index (χ0v) is 15.3. The number of ether oxygens (including phenoxy) is 1. The lowest BCUT2D eigenvalue weighted by molar-refractivity contribution is 0.140. The van der Waals surface area contributed by atoms with Gasteiger partial charge < -0.3 is 15.4 Å². The molecule has 1 heterocycles. The van der Waals surface area contributed by atoms with Gasteiger partial charge in [0.25, 0.3) is 0 Å². The summed E-state index contributed by atoms with van der Waals surface area (Å²) in [5.74, 6) is 0. The summed E-state index contributed by atoms with van der Waals surface area (Å²) in [4.78, 5) is 25.8. The van der Waals surface area contributed by atoms with Crippen LogP contribution in [0.15, 0.2) is 72.8 Å². The Bertz CT molecular complexity index is 985. The number of nitrogens with one attached hydrogen (secondary N) is 2. The Morgan fingerprint density at radius 3 is 2.57 bits per heavy atom. The topological polar surface area (TPSA) is 70.7 Å². The van der Waals surface area contributed by atoms with Crippen molar-refractivity contribution in [2.75, 3.05) is 18.0 Å². The molecule has 0 unspecified atom stereocenters. The van der Waals surface area contributed by atoms with Crippen LogP contribution in [0.3, 0.4) is 0 Å². The van der Waals surface area contributed by atoms with Crippen molar-refractivity contribution in [2.45, 2.75) is 12.6 Å². The van der Waals surface area contributed by atoms with Crippen LogP contribution in [0.4, 0.5) is 15.3 Å². The first-order valence-corrected chi connectivity index (χ1v) is 9.22. The predicted octanol–water partition coefficient (Wildman–Crippen LogP) is 3.66. The second kappa shape index (κ2) is 8.00. The van der Waals surface area contributed by atoms with Crippen molar-refractivity contribution in [1.82, 2.24) is 10.6 Å². The number of hydrogen-bond donors (Lipinski definition) is 2. The van der Waals surface area contributed by atoms with Gasteiger partial charge in [0.05, 0.1) is 13.1 Å². The minimum Gasteiger partial charge on any atom is -0.442 e. The first kappa shape index (κ1) is 17.9. The summed E-state index contributed by atoms with van der Waals surface area (Å²) in [7, 11) is 0. The molecule has 1 aliphatic heterocycles. The molecule has 6 heteroatoms. The molecule has 1 saturated heterocycles. The molecule has 0 aliphatic carbocycles. The Labute approximate surface area is 163 Å². The lowest BCUT2D eigenvalue weighted by Crippen LogP contribution is -2.40. The number of benzene rings is 3. The third-order valence-electron chi connectivity index (χ3n) is 4.75. The molecule has 3 aromatic rings. The molecule has 0 aromatic heterocycles. The van der Waals surface area contributed by atoms with Gasteiger partial charge in [-0.25, -0.2) is 9.59 Å². The summed E-state index contributed by atoms with van der Waals surface area (Å²) in [5.41, 5.74) is 1.84. The second-order valence-electron chi connectivity index (χ2n) is 6.65. The number of nitrogens with zero attached hydrogens (tertiary/aromatic N) is 1. The van der Waals surface area contributed by atoms with E-state index in [-0.39, 0.29) is 18.7 Å². The summed E-state index contributed by atoms with van der Waals surface area (Å²) in [6, 6.07) is 23.1. The largest absolute Gasteiger partial charge is 0.442 e. The van der Waals surface area contributed by atoms with Gasteiger partial charge in [0.1, 0.15) is 6.10 Å². The first-order valence-electron chi connectivity index (χ1n) is 9.22. The molecule has 2 N–H and O–H groups in total. The van der Waals surface area contributed by atoms with Gasteiger partial charge in [-0.1, -0.05) is 60.7 Å². The monoisotopic (exact) mass is 375 g/mol. The maximum atomic E-state index is 12.2. The smallest absolute Gasteiger partial charge is 0.414 e. The molecule has 28 heavy (non-hydrogen) atoms. The van der Waals surface area contributed by atoms with Crippen molar-refractivity contribution in [1.29, 1.82) is 0 Å². The van der Waals surface area contributed by atoms with Crippen LogP contribution in [0.2, 0.25) is 0 Å². The van der Waals surface area contributed by atoms with Gasteiger partial charge in [-0.2, -0.15) is 0 Å². The fraction of sp³-hybridized carbons (Fsp3) is 0.182. The molecule has 1 atom stereocenters. The molecule has 0 saturated carbocycles. The predicted molar refractivity (Wildman–Crippen MR) is 108 cm³/mol. The van der Waals surface area contributed by atoms with Crippen molar-refractivity contribution in [3.05, 3.63) is 78.4 Å². The Morgan fingerprint density at radius 1 is 0.964 bits per heavy atom. The first-order chi connectivity index (χ1) is 13.7. The number of carbonyl (C=O) groups excluding carboxylic acids is 2. The van der Waals surface area contributed by atoms with Crippen molar-refractivity contribution >= 4 is 28.6 Å². The van der Waals surface area contributed by atoms with E-state index >= 15 is 0 Å². The Morgan fingerprint density at radius 2 is 1.71 bits per heavy atom. The Hall–Kier alpha value is -3.54. The van der Waals surface area contributed by atoms with E-state index in [9.17, 15) is 9.59 Å². The van der Waals surface area contributed by atoms with Crippen LogP contribution in [0.1, 0.15) is 5.56 Å². The maximum Gasteiger partial charge on any atom is 0.414 e. The van der Waals surface area contributed by atoms with Gasteiger partial charge in [-0.3, -0.25) is 4.90 Å². The lowest BCUT2D eigenvalue weighted by atomic mass is 10.0. The number of anilines is 1. The molecule has 3 aromatic carbocycles. The summed E-state index contributed by atoms with van der Waals surface area (Å²) in [6.45, 7) is 1.09. The maximum absolute atomic E-state index is 12.2. The lowest BCUT2D eigenvalue weighted by Gasteiger charge is -2.13. The Balaban J connectivity index is 1.29. The minimum absolute atomic E-state index is 0.260. The van der Waals surface area contributed by atoms with E-state index in [1.54, 1.807) is 4.90 Å². The van der Waals surface area contributed by atoms with Crippen LogP contribution in [0, 0.1) is 0 Å². The van der Waals surface area contributed by atoms with Crippen LogP contribution >= 0.6 is 0 Å². The van der Waals surface area contributed by atoms with E-state index in [0.29, 0.717) is 13.1 Å². The molecule has 0 radical (unpaired) electrons.